The highest BCUT2D eigenvalue weighted by atomic mass is 16.5. The van der Waals surface area contributed by atoms with E-state index in [-0.39, 0.29) is 12.5 Å². The number of nitrogens with one attached hydrogen (secondary N) is 2. The molecule has 0 heterocycles. The lowest BCUT2D eigenvalue weighted by molar-refractivity contribution is -0.124. The molecule has 0 aliphatic heterocycles. The lowest BCUT2D eigenvalue weighted by Gasteiger charge is -2.15. The van der Waals surface area contributed by atoms with Gasteiger partial charge in [0.05, 0.1) is 5.56 Å². The van der Waals surface area contributed by atoms with Crippen molar-refractivity contribution in [1.82, 2.24) is 5.32 Å². The standard InChI is InChI=1S/C21H30N2O3/c1-16(2)14-23-20(24)15-26-21(25)18-10-6-7-11-19(18)22-13-12-17-8-4-3-5-9-17/h6-8,10-11,16,22H,3-5,9,12-15H2,1-2H3,(H,23,24). The maximum atomic E-state index is 12.3. The van der Waals surface area contributed by atoms with Gasteiger partial charge >= 0.3 is 5.97 Å². The Hall–Kier alpha value is -2.30. The molecule has 26 heavy (non-hydrogen) atoms. The van der Waals surface area contributed by atoms with Crippen molar-refractivity contribution in [3.63, 3.8) is 0 Å². The maximum Gasteiger partial charge on any atom is 0.340 e. The number of esters is 1. The monoisotopic (exact) mass is 358 g/mol. The fraction of sp³-hybridized carbons (Fsp3) is 0.524. The minimum atomic E-state index is -0.482. The zero-order chi connectivity index (χ0) is 18.8. The Bertz CT molecular complexity index is 638. The molecule has 1 aromatic rings. The molecule has 0 saturated carbocycles. The Morgan fingerprint density at radius 3 is 2.73 bits per heavy atom. The number of rotatable bonds is 9. The number of allylic oxidation sites excluding steroid dienone is 1. The van der Waals surface area contributed by atoms with Crippen molar-refractivity contribution >= 4 is 17.6 Å². The average molecular weight is 358 g/mol. The van der Waals surface area contributed by atoms with Gasteiger partial charge in [-0.15, -0.1) is 0 Å². The Kier molecular flexibility index (Phi) is 8.19. The van der Waals surface area contributed by atoms with Crippen molar-refractivity contribution in [2.45, 2.75) is 46.0 Å². The van der Waals surface area contributed by atoms with Crippen molar-refractivity contribution < 1.29 is 14.3 Å². The Morgan fingerprint density at radius 1 is 1.19 bits per heavy atom. The molecule has 142 valence electrons. The highest BCUT2D eigenvalue weighted by Gasteiger charge is 2.14. The number of carbonyl (C=O) groups is 2. The van der Waals surface area contributed by atoms with Crippen LogP contribution >= 0.6 is 0 Å². The minimum absolute atomic E-state index is 0.257. The number of para-hydroxylation sites is 1. The van der Waals surface area contributed by atoms with Crippen molar-refractivity contribution in [3.05, 3.63) is 41.5 Å². The number of ether oxygens (including phenoxy) is 1. The van der Waals surface area contributed by atoms with E-state index in [0.717, 1.165) is 18.7 Å². The molecule has 5 nitrogen and oxygen atoms in total. The molecular weight excluding hydrogens is 328 g/mol. The first-order valence-electron chi connectivity index (χ1n) is 9.51. The molecule has 1 aromatic carbocycles. The summed E-state index contributed by atoms with van der Waals surface area (Å²) in [5.74, 6) is -0.398. The fourth-order valence-electron chi connectivity index (χ4n) is 2.88. The van der Waals surface area contributed by atoms with Crippen LogP contribution in [0.2, 0.25) is 0 Å². The van der Waals surface area contributed by atoms with Crippen LogP contribution in [0.4, 0.5) is 5.69 Å². The lowest BCUT2D eigenvalue weighted by atomic mass is 9.97. The van der Waals surface area contributed by atoms with Crippen LogP contribution in [0.1, 0.15) is 56.3 Å². The molecule has 5 heteroatoms. The number of benzene rings is 1. The summed E-state index contributed by atoms with van der Waals surface area (Å²) in [6.07, 6.45) is 8.24. The predicted molar refractivity (Wildman–Crippen MR) is 104 cm³/mol. The van der Waals surface area contributed by atoms with E-state index in [2.05, 4.69) is 16.7 Å². The first-order valence-corrected chi connectivity index (χ1v) is 9.51. The van der Waals surface area contributed by atoms with Crippen LogP contribution in [0, 0.1) is 5.92 Å². The summed E-state index contributed by atoms with van der Waals surface area (Å²) in [4.78, 5) is 24.0. The van der Waals surface area contributed by atoms with E-state index in [0.29, 0.717) is 18.0 Å². The summed E-state index contributed by atoms with van der Waals surface area (Å²) in [6, 6.07) is 7.26. The molecule has 0 radical (unpaired) electrons. The predicted octanol–water partition coefficient (Wildman–Crippen LogP) is 3.92. The van der Waals surface area contributed by atoms with Gasteiger partial charge in [0, 0.05) is 18.8 Å². The number of carbonyl (C=O) groups excluding carboxylic acids is 2. The van der Waals surface area contributed by atoms with Gasteiger partial charge in [0.1, 0.15) is 0 Å². The van der Waals surface area contributed by atoms with Crippen LogP contribution in [-0.2, 0) is 9.53 Å². The highest BCUT2D eigenvalue weighted by molar-refractivity contribution is 5.96. The minimum Gasteiger partial charge on any atom is -0.452 e. The molecule has 0 bridgehead atoms. The van der Waals surface area contributed by atoms with Gasteiger partial charge in [-0.2, -0.15) is 0 Å². The Labute approximate surface area is 156 Å². The summed E-state index contributed by atoms with van der Waals surface area (Å²) in [6.45, 7) is 5.12. The second-order valence-corrected chi connectivity index (χ2v) is 7.10. The summed E-state index contributed by atoms with van der Waals surface area (Å²) in [7, 11) is 0. The molecule has 0 atom stereocenters. The van der Waals surface area contributed by atoms with Gasteiger partial charge in [-0.05, 0) is 50.2 Å². The first-order chi connectivity index (χ1) is 12.6. The van der Waals surface area contributed by atoms with E-state index in [1.807, 2.05) is 26.0 Å². The summed E-state index contributed by atoms with van der Waals surface area (Å²) < 4.78 is 5.16. The van der Waals surface area contributed by atoms with E-state index in [1.54, 1.807) is 12.1 Å². The molecule has 2 N–H and O–H groups in total. The third kappa shape index (κ3) is 6.90. The Balaban J connectivity index is 1.83. The molecule has 0 fully saturated rings. The van der Waals surface area contributed by atoms with E-state index < -0.39 is 5.97 Å². The zero-order valence-electron chi connectivity index (χ0n) is 15.8. The van der Waals surface area contributed by atoms with Gasteiger partial charge in [0.25, 0.3) is 5.91 Å². The van der Waals surface area contributed by atoms with Gasteiger partial charge in [-0.25, -0.2) is 4.79 Å². The van der Waals surface area contributed by atoms with Crippen LogP contribution in [0.25, 0.3) is 0 Å². The van der Waals surface area contributed by atoms with Crippen molar-refractivity contribution in [3.8, 4) is 0 Å². The number of anilines is 1. The molecule has 0 aromatic heterocycles. The SMILES string of the molecule is CC(C)CNC(=O)COC(=O)c1ccccc1NCCC1=CCCCC1. The zero-order valence-corrected chi connectivity index (χ0v) is 15.8. The van der Waals surface area contributed by atoms with Crippen molar-refractivity contribution in [2.24, 2.45) is 5.92 Å². The molecule has 1 aliphatic carbocycles. The van der Waals surface area contributed by atoms with Crippen LogP contribution in [0.15, 0.2) is 35.9 Å². The second-order valence-electron chi connectivity index (χ2n) is 7.10. The van der Waals surface area contributed by atoms with Gasteiger partial charge in [0.2, 0.25) is 0 Å². The summed E-state index contributed by atoms with van der Waals surface area (Å²) in [5, 5.41) is 6.06. The third-order valence-electron chi connectivity index (χ3n) is 4.34. The quantitative estimate of drug-likeness (QED) is 0.519. The van der Waals surface area contributed by atoms with Gasteiger partial charge in [-0.1, -0.05) is 37.6 Å². The van der Waals surface area contributed by atoms with E-state index >= 15 is 0 Å². The first kappa shape index (κ1) is 20.0. The van der Waals surface area contributed by atoms with Gasteiger partial charge in [0.15, 0.2) is 6.61 Å². The maximum absolute atomic E-state index is 12.3. The van der Waals surface area contributed by atoms with E-state index in [9.17, 15) is 9.59 Å². The van der Waals surface area contributed by atoms with Crippen LogP contribution in [0.5, 0.6) is 0 Å². The average Bonchev–Trinajstić information content (AvgIpc) is 2.65. The van der Waals surface area contributed by atoms with Crippen molar-refractivity contribution in [2.75, 3.05) is 25.0 Å². The lowest BCUT2D eigenvalue weighted by Crippen LogP contribution is -2.31. The molecule has 0 saturated heterocycles. The number of amides is 1. The smallest absolute Gasteiger partial charge is 0.340 e. The number of hydrogen-bond acceptors (Lipinski definition) is 4. The van der Waals surface area contributed by atoms with Crippen LogP contribution in [0.3, 0.4) is 0 Å². The molecular formula is C21H30N2O3. The largest absolute Gasteiger partial charge is 0.452 e. The number of hydrogen-bond donors (Lipinski definition) is 2. The topological polar surface area (TPSA) is 67.4 Å². The molecule has 1 amide bonds. The molecule has 2 rings (SSSR count). The molecule has 0 unspecified atom stereocenters. The molecule has 0 spiro atoms. The normalized spacial score (nSPS) is 13.9. The third-order valence-corrected chi connectivity index (χ3v) is 4.34. The van der Waals surface area contributed by atoms with Gasteiger partial charge < -0.3 is 15.4 Å². The fourth-order valence-corrected chi connectivity index (χ4v) is 2.88. The highest BCUT2D eigenvalue weighted by Crippen LogP contribution is 2.21. The van der Waals surface area contributed by atoms with E-state index in [4.69, 9.17) is 4.74 Å². The molecule has 1 aliphatic rings. The van der Waals surface area contributed by atoms with Crippen molar-refractivity contribution in [1.29, 1.82) is 0 Å². The summed E-state index contributed by atoms with van der Waals surface area (Å²) in [5.41, 5.74) is 2.70. The second kappa shape index (κ2) is 10.6. The Morgan fingerprint density at radius 2 is 2.00 bits per heavy atom. The van der Waals surface area contributed by atoms with Crippen LogP contribution in [-0.4, -0.2) is 31.6 Å². The van der Waals surface area contributed by atoms with Gasteiger partial charge in [-0.3, -0.25) is 4.79 Å². The summed E-state index contributed by atoms with van der Waals surface area (Å²) >= 11 is 0. The van der Waals surface area contributed by atoms with Crippen LogP contribution < -0.4 is 10.6 Å². The van der Waals surface area contributed by atoms with E-state index in [1.165, 1.54) is 31.3 Å².